The van der Waals surface area contributed by atoms with E-state index in [0.717, 1.165) is 28.6 Å². The van der Waals surface area contributed by atoms with Crippen molar-refractivity contribution >= 4 is 16.9 Å². The molecule has 0 saturated heterocycles. The van der Waals surface area contributed by atoms with Crippen LogP contribution in [0.1, 0.15) is 39.9 Å². The van der Waals surface area contributed by atoms with Gasteiger partial charge in [-0.3, -0.25) is 9.69 Å². The van der Waals surface area contributed by atoms with Crippen molar-refractivity contribution in [3.63, 3.8) is 0 Å². The second kappa shape index (κ2) is 7.60. The lowest BCUT2D eigenvalue weighted by molar-refractivity contribution is 0.0963. The molecule has 2 aromatic carbocycles. The van der Waals surface area contributed by atoms with Crippen LogP contribution in [0.5, 0.6) is 0 Å². The first kappa shape index (κ1) is 18.4. The molecule has 0 unspecified atom stereocenters. The maximum Gasteiger partial charge on any atom is 0.336 e. The van der Waals surface area contributed by atoms with Crippen LogP contribution in [0.4, 0.5) is 0 Å². The topological polar surface area (TPSA) is 62.6 Å². The summed E-state index contributed by atoms with van der Waals surface area (Å²) in [7, 11) is 1.63. The van der Waals surface area contributed by atoms with Gasteiger partial charge in [0.25, 0.3) is 5.91 Å². The molecule has 1 N–H and O–H groups in total. The fourth-order valence-electron chi connectivity index (χ4n) is 3.58. The summed E-state index contributed by atoms with van der Waals surface area (Å²) < 4.78 is 5.39. The van der Waals surface area contributed by atoms with Gasteiger partial charge in [-0.25, -0.2) is 4.79 Å². The first-order valence-electron chi connectivity index (χ1n) is 9.62. The summed E-state index contributed by atoms with van der Waals surface area (Å²) in [5, 5.41) is 3.63. The SMILES string of the molecule is CNC(=O)c1ccc(CN(Cc2cc(=O)oc3cc(C)ccc23)C2CC2)cc1. The van der Waals surface area contributed by atoms with Crippen LogP contribution in [0, 0.1) is 6.92 Å². The summed E-state index contributed by atoms with van der Waals surface area (Å²) in [5.41, 5.74) is 4.23. The highest BCUT2D eigenvalue weighted by Gasteiger charge is 2.29. The molecule has 1 saturated carbocycles. The van der Waals surface area contributed by atoms with Crippen LogP contribution in [-0.4, -0.2) is 23.9 Å². The molecule has 144 valence electrons. The smallest absolute Gasteiger partial charge is 0.336 e. The number of nitrogens with zero attached hydrogens (tertiary/aromatic N) is 1. The fraction of sp³-hybridized carbons (Fsp3) is 0.304. The Morgan fingerprint density at radius 3 is 2.54 bits per heavy atom. The van der Waals surface area contributed by atoms with E-state index >= 15 is 0 Å². The molecule has 3 aromatic rings. The molecule has 1 aliphatic rings. The lowest BCUT2D eigenvalue weighted by Gasteiger charge is -2.23. The summed E-state index contributed by atoms with van der Waals surface area (Å²) >= 11 is 0. The van der Waals surface area contributed by atoms with Gasteiger partial charge >= 0.3 is 5.63 Å². The van der Waals surface area contributed by atoms with Crippen molar-refractivity contribution in [2.24, 2.45) is 0 Å². The zero-order valence-corrected chi connectivity index (χ0v) is 16.2. The van der Waals surface area contributed by atoms with E-state index in [9.17, 15) is 9.59 Å². The van der Waals surface area contributed by atoms with Crippen molar-refractivity contribution in [1.29, 1.82) is 0 Å². The summed E-state index contributed by atoms with van der Waals surface area (Å²) in [6.07, 6.45) is 2.35. The molecule has 1 aromatic heterocycles. The van der Waals surface area contributed by atoms with Gasteiger partial charge in [-0.1, -0.05) is 24.3 Å². The predicted octanol–water partition coefficient (Wildman–Crippen LogP) is 3.63. The fourth-order valence-corrected chi connectivity index (χ4v) is 3.58. The van der Waals surface area contributed by atoms with Gasteiger partial charge in [0.2, 0.25) is 0 Å². The van der Waals surface area contributed by atoms with Gasteiger partial charge < -0.3 is 9.73 Å². The monoisotopic (exact) mass is 376 g/mol. The first-order valence-corrected chi connectivity index (χ1v) is 9.62. The maximum atomic E-state index is 12.0. The highest BCUT2D eigenvalue weighted by molar-refractivity contribution is 5.93. The molecule has 5 nitrogen and oxygen atoms in total. The molecule has 1 aliphatic carbocycles. The second-order valence-electron chi connectivity index (χ2n) is 7.50. The van der Waals surface area contributed by atoms with E-state index in [1.807, 2.05) is 49.4 Å². The van der Waals surface area contributed by atoms with Crippen molar-refractivity contribution in [2.75, 3.05) is 7.05 Å². The zero-order chi connectivity index (χ0) is 19.7. The minimum absolute atomic E-state index is 0.0802. The molecule has 1 amide bonds. The van der Waals surface area contributed by atoms with E-state index in [1.165, 1.54) is 12.8 Å². The molecular weight excluding hydrogens is 352 g/mol. The highest BCUT2D eigenvalue weighted by atomic mass is 16.4. The Hall–Kier alpha value is -2.92. The summed E-state index contributed by atoms with van der Waals surface area (Å²) in [6, 6.07) is 15.9. The maximum absolute atomic E-state index is 12.0. The van der Waals surface area contributed by atoms with E-state index in [1.54, 1.807) is 13.1 Å². The Morgan fingerprint density at radius 1 is 1.11 bits per heavy atom. The number of aryl methyl sites for hydroxylation is 1. The van der Waals surface area contributed by atoms with Crippen LogP contribution >= 0.6 is 0 Å². The normalized spacial score (nSPS) is 13.8. The average Bonchev–Trinajstić information content (AvgIpc) is 3.52. The van der Waals surface area contributed by atoms with Crippen molar-refractivity contribution in [1.82, 2.24) is 10.2 Å². The lowest BCUT2D eigenvalue weighted by atomic mass is 10.1. The molecule has 0 atom stereocenters. The number of carbonyl (C=O) groups is 1. The molecule has 4 rings (SSSR count). The molecule has 1 fully saturated rings. The van der Waals surface area contributed by atoms with E-state index < -0.39 is 0 Å². The Labute approximate surface area is 164 Å². The van der Waals surface area contributed by atoms with Gasteiger partial charge in [-0.2, -0.15) is 0 Å². The van der Waals surface area contributed by atoms with Gasteiger partial charge in [0, 0.05) is 43.2 Å². The summed E-state index contributed by atoms with van der Waals surface area (Å²) in [4.78, 5) is 26.2. The molecule has 0 bridgehead atoms. The van der Waals surface area contributed by atoms with Gasteiger partial charge in [-0.05, 0) is 54.7 Å². The molecule has 28 heavy (non-hydrogen) atoms. The number of fused-ring (bicyclic) bond motifs is 1. The Balaban J connectivity index is 1.59. The van der Waals surface area contributed by atoms with E-state index in [0.29, 0.717) is 23.7 Å². The van der Waals surface area contributed by atoms with Crippen molar-refractivity contribution in [3.8, 4) is 0 Å². The number of carbonyl (C=O) groups excluding carboxylic acids is 1. The van der Waals surface area contributed by atoms with Crippen molar-refractivity contribution in [3.05, 3.63) is 81.2 Å². The molecule has 5 heteroatoms. The van der Waals surface area contributed by atoms with Crippen molar-refractivity contribution < 1.29 is 9.21 Å². The standard InChI is InChI=1S/C23H24N2O3/c1-15-3-10-20-18(12-22(26)28-21(20)11-15)14-25(19-8-9-19)13-16-4-6-17(7-5-16)23(27)24-2/h3-7,10-12,19H,8-9,13-14H2,1-2H3,(H,24,27). The summed E-state index contributed by atoms with van der Waals surface area (Å²) in [6.45, 7) is 3.48. The largest absolute Gasteiger partial charge is 0.423 e. The van der Waals surface area contributed by atoms with Gasteiger partial charge in [-0.15, -0.1) is 0 Å². The van der Waals surface area contributed by atoms with Gasteiger partial charge in [0.1, 0.15) is 5.58 Å². The number of amides is 1. The van der Waals surface area contributed by atoms with Crippen molar-refractivity contribution in [2.45, 2.75) is 38.9 Å². The van der Waals surface area contributed by atoms with Crippen LogP contribution < -0.4 is 10.9 Å². The van der Waals surface area contributed by atoms with E-state index in [2.05, 4.69) is 10.2 Å². The number of benzene rings is 2. The molecule has 0 spiro atoms. The highest BCUT2D eigenvalue weighted by Crippen LogP contribution is 2.31. The summed E-state index contributed by atoms with van der Waals surface area (Å²) in [5.74, 6) is -0.0802. The van der Waals surface area contributed by atoms with E-state index in [-0.39, 0.29) is 11.5 Å². The third-order valence-corrected chi connectivity index (χ3v) is 5.25. The third kappa shape index (κ3) is 3.99. The molecule has 1 heterocycles. The first-order chi connectivity index (χ1) is 13.5. The Morgan fingerprint density at radius 2 is 1.86 bits per heavy atom. The van der Waals surface area contributed by atoms with Gasteiger partial charge in [0.15, 0.2) is 0 Å². The number of hydrogen-bond acceptors (Lipinski definition) is 4. The minimum atomic E-state index is -0.307. The van der Waals surface area contributed by atoms with Gasteiger partial charge in [0.05, 0.1) is 0 Å². The quantitative estimate of drug-likeness (QED) is 0.668. The molecular formula is C23H24N2O3. The van der Waals surface area contributed by atoms with Crippen LogP contribution in [0.25, 0.3) is 11.0 Å². The predicted molar refractivity (Wildman–Crippen MR) is 109 cm³/mol. The van der Waals surface area contributed by atoms with Crippen LogP contribution in [0.2, 0.25) is 0 Å². The molecule has 0 aliphatic heterocycles. The third-order valence-electron chi connectivity index (χ3n) is 5.25. The van der Waals surface area contributed by atoms with Crippen LogP contribution in [-0.2, 0) is 13.1 Å². The minimum Gasteiger partial charge on any atom is -0.423 e. The Bertz CT molecular complexity index is 1070. The lowest BCUT2D eigenvalue weighted by Crippen LogP contribution is -2.26. The van der Waals surface area contributed by atoms with E-state index in [4.69, 9.17) is 4.42 Å². The van der Waals surface area contributed by atoms with Crippen LogP contribution in [0.3, 0.4) is 0 Å². The molecule has 0 radical (unpaired) electrons. The Kier molecular flexibility index (Phi) is 5.01. The number of nitrogens with one attached hydrogen (secondary N) is 1. The zero-order valence-electron chi connectivity index (χ0n) is 16.2. The average molecular weight is 376 g/mol. The number of hydrogen-bond donors (Lipinski definition) is 1. The second-order valence-corrected chi connectivity index (χ2v) is 7.50. The van der Waals surface area contributed by atoms with Crippen LogP contribution in [0.15, 0.2) is 57.7 Å². The number of rotatable bonds is 6.